The number of hydrogen-bond acceptors (Lipinski definition) is 5. The number of nitrogens with zero attached hydrogens (tertiary/aromatic N) is 3. The highest BCUT2D eigenvalue weighted by atomic mass is 16.6. The van der Waals surface area contributed by atoms with Crippen molar-refractivity contribution in [3.8, 4) is 0 Å². The standard InChI is InChI=1S/C13H20N4O4/c1-3-6-16-13(12(17(20)21)8(2)15-16)14-10(7-11(18)19)9-4-5-9/h9-10,14H,3-7H2,1-2H3,(H,18,19). The first-order valence-corrected chi connectivity index (χ1v) is 7.14. The van der Waals surface area contributed by atoms with Crippen LogP contribution in [0.3, 0.4) is 0 Å². The van der Waals surface area contributed by atoms with Gasteiger partial charge in [-0.1, -0.05) is 6.92 Å². The number of nitrogens with one attached hydrogen (secondary N) is 1. The molecule has 1 aromatic rings. The van der Waals surface area contributed by atoms with Gasteiger partial charge in [-0.3, -0.25) is 14.9 Å². The highest BCUT2D eigenvalue weighted by Crippen LogP contribution is 2.38. The zero-order chi connectivity index (χ0) is 15.6. The Morgan fingerprint density at radius 1 is 1.62 bits per heavy atom. The number of hydrogen-bond donors (Lipinski definition) is 2. The summed E-state index contributed by atoms with van der Waals surface area (Å²) in [6, 6.07) is -0.284. The van der Waals surface area contributed by atoms with E-state index in [1.54, 1.807) is 11.6 Å². The molecule has 1 unspecified atom stereocenters. The number of aromatic nitrogens is 2. The molecule has 116 valence electrons. The number of aliphatic carboxylic acids is 1. The van der Waals surface area contributed by atoms with Crippen LogP contribution in [-0.4, -0.2) is 31.8 Å². The van der Waals surface area contributed by atoms with Crippen molar-refractivity contribution >= 4 is 17.5 Å². The van der Waals surface area contributed by atoms with Crippen LogP contribution in [0, 0.1) is 23.0 Å². The van der Waals surface area contributed by atoms with Gasteiger partial charge in [0.15, 0.2) is 0 Å². The molecular formula is C13H20N4O4. The van der Waals surface area contributed by atoms with Gasteiger partial charge in [-0.05, 0) is 32.1 Å². The van der Waals surface area contributed by atoms with Gasteiger partial charge < -0.3 is 10.4 Å². The number of rotatable bonds is 8. The first-order valence-electron chi connectivity index (χ1n) is 7.14. The minimum absolute atomic E-state index is 0.0435. The summed E-state index contributed by atoms with van der Waals surface area (Å²) in [6.45, 7) is 4.11. The maximum atomic E-state index is 11.2. The molecule has 1 aliphatic carbocycles. The monoisotopic (exact) mass is 296 g/mol. The van der Waals surface area contributed by atoms with Gasteiger partial charge in [0, 0.05) is 12.6 Å². The summed E-state index contributed by atoms with van der Waals surface area (Å²) in [4.78, 5) is 21.8. The van der Waals surface area contributed by atoms with Gasteiger partial charge in [0.2, 0.25) is 5.82 Å². The Morgan fingerprint density at radius 2 is 2.29 bits per heavy atom. The summed E-state index contributed by atoms with van der Waals surface area (Å²) in [5.41, 5.74) is 0.292. The van der Waals surface area contributed by atoms with Gasteiger partial charge in [-0.2, -0.15) is 5.10 Å². The van der Waals surface area contributed by atoms with Crippen LogP contribution in [0.25, 0.3) is 0 Å². The second-order valence-corrected chi connectivity index (χ2v) is 5.45. The summed E-state index contributed by atoms with van der Waals surface area (Å²) in [5, 5.41) is 27.5. The molecule has 1 heterocycles. The van der Waals surface area contributed by atoms with Crippen molar-refractivity contribution in [1.29, 1.82) is 0 Å². The summed E-state index contributed by atoms with van der Waals surface area (Å²) in [6.07, 6.45) is 2.66. The van der Waals surface area contributed by atoms with Gasteiger partial charge in [-0.15, -0.1) is 0 Å². The number of nitro groups is 1. The summed E-state index contributed by atoms with van der Waals surface area (Å²) in [7, 11) is 0. The molecule has 2 N–H and O–H groups in total. The molecular weight excluding hydrogens is 276 g/mol. The highest BCUT2D eigenvalue weighted by Gasteiger charge is 2.36. The minimum atomic E-state index is -0.902. The topological polar surface area (TPSA) is 110 Å². The largest absolute Gasteiger partial charge is 0.481 e. The predicted octanol–water partition coefficient (Wildman–Crippen LogP) is 2.17. The molecule has 0 aromatic carbocycles. The third-order valence-corrected chi connectivity index (χ3v) is 3.62. The lowest BCUT2D eigenvalue weighted by molar-refractivity contribution is -0.384. The van der Waals surface area contributed by atoms with Crippen LogP contribution >= 0.6 is 0 Å². The fraction of sp³-hybridized carbons (Fsp3) is 0.692. The van der Waals surface area contributed by atoms with Crippen molar-refractivity contribution in [3.05, 3.63) is 15.8 Å². The van der Waals surface area contributed by atoms with E-state index in [0.717, 1.165) is 19.3 Å². The third-order valence-electron chi connectivity index (χ3n) is 3.62. The van der Waals surface area contributed by atoms with Crippen LogP contribution < -0.4 is 5.32 Å². The van der Waals surface area contributed by atoms with Crippen molar-refractivity contribution < 1.29 is 14.8 Å². The van der Waals surface area contributed by atoms with Gasteiger partial charge in [-0.25, -0.2) is 4.68 Å². The zero-order valence-corrected chi connectivity index (χ0v) is 12.2. The molecule has 1 aliphatic rings. The lowest BCUT2D eigenvalue weighted by Gasteiger charge is -2.17. The van der Waals surface area contributed by atoms with E-state index in [1.165, 1.54) is 0 Å². The molecule has 1 saturated carbocycles. The summed E-state index contributed by atoms with van der Waals surface area (Å²) < 4.78 is 1.57. The van der Waals surface area contributed by atoms with E-state index in [1.807, 2.05) is 6.92 Å². The molecule has 0 aliphatic heterocycles. The molecule has 2 rings (SSSR count). The Balaban J connectivity index is 2.30. The van der Waals surface area contributed by atoms with E-state index < -0.39 is 10.9 Å². The van der Waals surface area contributed by atoms with Gasteiger partial charge >= 0.3 is 11.7 Å². The van der Waals surface area contributed by atoms with Gasteiger partial charge in [0.25, 0.3) is 0 Å². The number of carbonyl (C=O) groups is 1. The van der Waals surface area contributed by atoms with Crippen LogP contribution in [0.15, 0.2) is 0 Å². The number of aryl methyl sites for hydroxylation is 2. The number of anilines is 1. The molecule has 8 nitrogen and oxygen atoms in total. The molecule has 0 spiro atoms. The van der Waals surface area contributed by atoms with E-state index in [-0.39, 0.29) is 24.1 Å². The average Bonchev–Trinajstić information content (AvgIpc) is 3.15. The van der Waals surface area contributed by atoms with Gasteiger partial charge in [0.05, 0.1) is 11.3 Å². The Kier molecular flexibility index (Phi) is 4.44. The molecule has 1 atom stereocenters. The van der Waals surface area contributed by atoms with Crippen molar-refractivity contribution in [2.75, 3.05) is 5.32 Å². The third kappa shape index (κ3) is 3.50. The van der Waals surface area contributed by atoms with Gasteiger partial charge in [0.1, 0.15) is 5.69 Å². The second-order valence-electron chi connectivity index (χ2n) is 5.45. The smallest absolute Gasteiger partial charge is 0.333 e. The Labute approximate surface area is 122 Å². The molecule has 0 bridgehead atoms. The SMILES string of the molecule is CCCn1nc(C)c([N+](=O)[O-])c1NC(CC(=O)O)C1CC1. The van der Waals surface area contributed by atoms with E-state index in [9.17, 15) is 14.9 Å². The first-order chi connectivity index (χ1) is 9.93. The van der Waals surface area contributed by atoms with Crippen molar-refractivity contribution in [2.24, 2.45) is 5.92 Å². The fourth-order valence-corrected chi connectivity index (χ4v) is 2.50. The van der Waals surface area contributed by atoms with E-state index in [2.05, 4.69) is 10.4 Å². The molecule has 0 radical (unpaired) electrons. The highest BCUT2D eigenvalue weighted by molar-refractivity contribution is 5.69. The zero-order valence-electron chi connectivity index (χ0n) is 12.2. The van der Waals surface area contributed by atoms with Crippen molar-refractivity contribution in [3.63, 3.8) is 0 Å². The van der Waals surface area contributed by atoms with Crippen molar-refractivity contribution in [1.82, 2.24) is 9.78 Å². The van der Waals surface area contributed by atoms with Crippen LogP contribution in [-0.2, 0) is 11.3 Å². The summed E-state index contributed by atoms with van der Waals surface area (Å²) in [5.74, 6) is -0.302. The van der Waals surface area contributed by atoms with E-state index in [4.69, 9.17) is 5.11 Å². The Morgan fingerprint density at radius 3 is 2.76 bits per heavy atom. The lowest BCUT2D eigenvalue weighted by Crippen LogP contribution is -2.27. The normalized spacial score (nSPS) is 15.7. The predicted molar refractivity (Wildman–Crippen MR) is 76.3 cm³/mol. The number of carboxylic acid groups (broad SMARTS) is 1. The van der Waals surface area contributed by atoms with Crippen LogP contribution in [0.5, 0.6) is 0 Å². The van der Waals surface area contributed by atoms with Crippen LogP contribution in [0.1, 0.15) is 38.3 Å². The molecule has 8 heteroatoms. The summed E-state index contributed by atoms with van der Waals surface area (Å²) >= 11 is 0. The van der Waals surface area contributed by atoms with Crippen molar-refractivity contribution in [2.45, 2.75) is 52.1 Å². The second kappa shape index (κ2) is 6.11. The maximum Gasteiger partial charge on any atom is 0.333 e. The fourth-order valence-electron chi connectivity index (χ4n) is 2.50. The minimum Gasteiger partial charge on any atom is -0.481 e. The molecule has 21 heavy (non-hydrogen) atoms. The first kappa shape index (κ1) is 15.3. The lowest BCUT2D eigenvalue weighted by atomic mass is 10.1. The van der Waals surface area contributed by atoms with Crippen LogP contribution in [0.2, 0.25) is 0 Å². The Bertz CT molecular complexity index is 551. The molecule has 1 aromatic heterocycles. The Hall–Kier alpha value is -2.12. The van der Waals surface area contributed by atoms with E-state index >= 15 is 0 Å². The average molecular weight is 296 g/mol. The maximum absolute atomic E-state index is 11.2. The molecule has 0 saturated heterocycles. The number of carboxylic acids is 1. The van der Waals surface area contributed by atoms with E-state index in [0.29, 0.717) is 18.1 Å². The molecule has 0 amide bonds. The quantitative estimate of drug-likeness (QED) is 0.562. The van der Waals surface area contributed by atoms with Crippen LogP contribution in [0.4, 0.5) is 11.5 Å². The molecule has 1 fully saturated rings.